The molecule has 0 radical (unpaired) electrons. The highest BCUT2D eigenvalue weighted by Crippen LogP contribution is 2.41. The van der Waals surface area contributed by atoms with Crippen molar-refractivity contribution in [2.24, 2.45) is 5.73 Å². The zero-order chi connectivity index (χ0) is 32.7. The van der Waals surface area contributed by atoms with Crippen molar-refractivity contribution in [2.45, 2.75) is 6.42 Å². The number of allylic oxidation sites excluding steroid dienone is 3. The van der Waals surface area contributed by atoms with Gasteiger partial charge in [0.2, 0.25) is 0 Å². The molecule has 4 nitrogen and oxygen atoms in total. The first-order chi connectivity index (χ1) is 24.2. The summed E-state index contributed by atoms with van der Waals surface area (Å²) >= 11 is 0. The lowest BCUT2D eigenvalue weighted by molar-refractivity contribution is 1.01. The first-order valence-corrected chi connectivity index (χ1v) is 16.6. The first-order valence-electron chi connectivity index (χ1n) is 16.6. The molecule has 0 spiro atoms. The molecule has 49 heavy (non-hydrogen) atoms. The zero-order valence-corrected chi connectivity index (χ0v) is 26.8. The highest BCUT2D eigenvalue weighted by atomic mass is 15.1. The van der Waals surface area contributed by atoms with E-state index in [2.05, 4.69) is 161 Å². The van der Waals surface area contributed by atoms with Gasteiger partial charge in [-0.15, -0.1) is 0 Å². The van der Waals surface area contributed by atoms with Crippen LogP contribution in [0.5, 0.6) is 0 Å². The molecule has 0 aliphatic heterocycles. The molecular formula is C45H32N4. The fourth-order valence-electron chi connectivity index (χ4n) is 7.31. The molecular weight excluding hydrogens is 597 g/mol. The van der Waals surface area contributed by atoms with Crippen LogP contribution < -0.4 is 5.73 Å². The number of nitrogens with zero attached hydrogens (tertiary/aromatic N) is 3. The van der Waals surface area contributed by atoms with Crippen molar-refractivity contribution < 1.29 is 0 Å². The Morgan fingerprint density at radius 2 is 1.29 bits per heavy atom. The number of rotatable bonds is 6. The van der Waals surface area contributed by atoms with E-state index in [9.17, 15) is 0 Å². The van der Waals surface area contributed by atoms with E-state index in [-0.39, 0.29) is 0 Å². The van der Waals surface area contributed by atoms with E-state index in [0.717, 1.165) is 44.6 Å². The van der Waals surface area contributed by atoms with Crippen LogP contribution in [0.1, 0.15) is 11.3 Å². The second kappa shape index (κ2) is 11.9. The van der Waals surface area contributed by atoms with Crippen molar-refractivity contribution >= 4 is 59.8 Å². The number of fused-ring (bicyclic) bond motifs is 6. The van der Waals surface area contributed by atoms with E-state index in [0.29, 0.717) is 6.42 Å². The van der Waals surface area contributed by atoms with E-state index >= 15 is 0 Å². The largest absolute Gasteiger partial charge is 0.398 e. The quantitative estimate of drug-likeness (QED) is 0.147. The molecule has 9 aromatic rings. The second-order valence-corrected chi connectivity index (χ2v) is 12.4. The Morgan fingerprint density at radius 1 is 0.612 bits per heavy atom. The average Bonchev–Trinajstić information content (AvgIpc) is 3.50. The van der Waals surface area contributed by atoms with Crippen LogP contribution in [0.3, 0.4) is 0 Å². The van der Waals surface area contributed by atoms with Gasteiger partial charge in [-0.05, 0) is 79.9 Å². The van der Waals surface area contributed by atoms with Gasteiger partial charge in [-0.25, -0.2) is 4.98 Å². The highest BCUT2D eigenvalue weighted by molar-refractivity contribution is 6.19. The van der Waals surface area contributed by atoms with Crippen LogP contribution in [0.4, 0.5) is 0 Å². The maximum absolute atomic E-state index is 6.95. The van der Waals surface area contributed by atoms with Gasteiger partial charge in [-0.2, -0.15) is 0 Å². The summed E-state index contributed by atoms with van der Waals surface area (Å²) in [6.45, 7) is 0. The molecule has 0 aliphatic carbocycles. The van der Waals surface area contributed by atoms with Crippen LogP contribution in [-0.4, -0.2) is 14.5 Å². The summed E-state index contributed by atoms with van der Waals surface area (Å²) in [6.07, 6.45) is 10.6. The van der Waals surface area contributed by atoms with Crippen LogP contribution >= 0.6 is 0 Å². The van der Waals surface area contributed by atoms with Gasteiger partial charge < -0.3 is 5.73 Å². The van der Waals surface area contributed by atoms with Gasteiger partial charge in [0.15, 0.2) is 0 Å². The Kier molecular flexibility index (Phi) is 6.98. The van der Waals surface area contributed by atoms with E-state index in [4.69, 9.17) is 10.7 Å². The third-order valence-electron chi connectivity index (χ3n) is 9.49. The van der Waals surface area contributed by atoms with Crippen LogP contribution in [0.25, 0.3) is 76.8 Å². The number of benzene rings is 6. The van der Waals surface area contributed by atoms with E-state index in [1.807, 2.05) is 18.5 Å². The van der Waals surface area contributed by atoms with Gasteiger partial charge >= 0.3 is 0 Å². The van der Waals surface area contributed by atoms with Crippen molar-refractivity contribution in [3.8, 4) is 16.9 Å². The van der Waals surface area contributed by atoms with Gasteiger partial charge in [0.1, 0.15) is 5.82 Å². The number of para-hydroxylation sites is 1. The molecule has 0 unspecified atom stereocenters. The number of pyridine rings is 2. The predicted molar refractivity (Wildman–Crippen MR) is 206 cm³/mol. The average molecular weight is 629 g/mol. The highest BCUT2D eigenvalue weighted by Gasteiger charge is 2.17. The normalized spacial score (nSPS) is 12.3. The molecule has 0 amide bonds. The lowest BCUT2D eigenvalue weighted by atomic mass is 9.87. The third kappa shape index (κ3) is 4.93. The molecule has 2 N–H and O–H groups in total. The third-order valence-corrected chi connectivity index (χ3v) is 9.49. The summed E-state index contributed by atoms with van der Waals surface area (Å²) in [5, 5.41) is 9.49. The van der Waals surface area contributed by atoms with Crippen LogP contribution in [0.2, 0.25) is 0 Å². The minimum atomic E-state index is 0.676. The Bertz CT molecular complexity index is 2660. The molecule has 0 bridgehead atoms. The van der Waals surface area contributed by atoms with Crippen molar-refractivity contribution in [1.29, 1.82) is 0 Å². The van der Waals surface area contributed by atoms with Gasteiger partial charge in [0.25, 0.3) is 0 Å². The Morgan fingerprint density at radius 3 is 2.08 bits per heavy atom. The Labute approximate surface area is 284 Å². The summed E-state index contributed by atoms with van der Waals surface area (Å²) in [6, 6.07) is 49.2. The van der Waals surface area contributed by atoms with Gasteiger partial charge in [-0.3, -0.25) is 9.55 Å². The van der Waals surface area contributed by atoms with Crippen molar-refractivity contribution in [3.63, 3.8) is 0 Å². The fraction of sp³-hybridized carbons (Fsp3) is 0.0222. The molecule has 3 heterocycles. The lowest BCUT2D eigenvalue weighted by Crippen LogP contribution is -2.00. The van der Waals surface area contributed by atoms with Crippen LogP contribution in [0.15, 0.2) is 170 Å². The SMILES string of the molecule is N/C(=C\C=C/Cc1cccc(-n2c3ccccc3c3ccncc32)n1)c1c2ccccc2c(-c2ccc3ccccc3c2)c2ccccc12. The Hall–Kier alpha value is -6.52. The summed E-state index contributed by atoms with van der Waals surface area (Å²) in [4.78, 5) is 9.47. The molecule has 4 heteroatoms. The molecule has 232 valence electrons. The van der Waals surface area contributed by atoms with Crippen molar-refractivity contribution in [1.82, 2.24) is 14.5 Å². The number of hydrogen-bond acceptors (Lipinski definition) is 3. The van der Waals surface area contributed by atoms with E-state index in [1.54, 1.807) is 0 Å². The van der Waals surface area contributed by atoms with Gasteiger partial charge in [-0.1, -0.05) is 121 Å². The minimum absolute atomic E-state index is 0.676. The fourth-order valence-corrected chi connectivity index (χ4v) is 7.31. The van der Waals surface area contributed by atoms with Gasteiger partial charge in [0, 0.05) is 40.3 Å². The standard InChI is InChI=1S/C45H32N4/c46-40(21-9-3-14-33-15-11-23-43(48-33)49-41-22-10-8-16-34(41)35-26-27-47-29-42(35)49)45-38-19-6-4-17-36(38)44(37-18-5-7-20-39(37)45)32-25-24-30-12-1-2-13-31(30)28-32/h1-13,15-29H,14,46H2/b9-3-,40-21-. The topological polar surface area (TPSA) is 56.7 Å². The molecule has 0 saturated carbocycles. The lowest BCUT2D eigenvalue weighted by Gasteiger charge is -2.18. The van der Waals surface area contributed by atoms with Crippen LogP contribution in [-0.2, 0) is 6.42 Å². The summed E-state index contributed by atoms with van der Waals surface area (Å²) in [7, 11) is 0. The molecule has 9 rings (SSSR count). The molecule has 3 aromatic heterocycles. The number of hydrogen-bond donors (Lipinski definition) is 1. The van der Waals surface area contributed by atoms with E-state index < -0.39 is 0 Å². The maximum Gasteiger partial charge on any atom is 0.137 e. The van der Waals surface area contributed by atoms with Crippen LogP contribution in [0, 0.1) is 0 Å². The monoisotopic (exact) mass is 628 g/mol. The van der Waals surface area contributed by atoms with Crippen molar-refractivity contribution in [2.75, 3.05) is 0 Å². The van der Waals surface area contributed by atoms with Crippen molar-refractivity contribution in [3.05, 3.63) is 181 Å². The number of aromatic nitrogens is 3. The molecule has 0 saturated heterocycles. The predicted octanol–water partition coefficient (Wildman–Crippen LogP) is 10.8. The molecule has 0 fully saturated rings. The smallest absolute Gasteiger partial charge is 0.137 e. The zero-order valence-electron chi connectivity index (χ0n) is 26.8. The molecule has 0 atom stereocenters. The van der Waals surface area contributed by atoms with Gasteiger partial charge in [0.05, 0.1) is 17.2 Å². The first kappa shape index (κ1) is 28.7. The molecule has 0 aliphatic rings. The summed E-state index contributed by atoms with van der Waals surface area (Å²) in [5.41, 5.74) is 14.3. The van der Waals surface area contributed by atoms with E-state index in [1.165, 1.54) is 43.4 Å². The second-order valence-electron chi connectivity index (χ2n) is 12.4. The Balaban J connectivity index is 1.08. The minimum Gasteiger partial charge on any atom is -0.398 e. The maximum atomic E-state index is 6.95. The molecule has 6 aromatic carbocycles. The summed E-state index contributed by atoms with van der Waals surface area (Å²) < 4.78 is 2.20. The summed E-state index contributed by atoms with van der Waals surface area (Å²) in [5.74, 6) is 0.879. The number of nitrogens with two attached hydrogens (primary N) is 1.